The Bertz CT molecular complexity index is 345. The molecule has 0 unspecified atom stereocenters. The molecule has 0 bridgehead atoms. The highest BCUT2D eigenvalue weighted by atomic mass is 19.1. The Labute approximate surface area is 97.3 Å². The van der Waals surface area contributed by atoms with Crippen molar-refractivity contribution < 1.29 is 9.50 Å². The van der Waals surface area contributed by atoms with Crippen LogP contribution < -0.4 is 0 Å². The second kappa shape index (κ2) is 5.44. The van der Waals surface area contributed by atoms with Gasteiger partial charge in [0, 0.05) is 6.61 Å². The summed E-state index contributed by atoms with van der Waals surface area (Å²) in [6.45, 7) is 6.31. The second-order valence-electron chi connectivity index (χ2n) is 5.05. The molecule has 0 aliphatic rings. The molecule has 2 heteroatoms. The maximum atomic E-state index is 13.7. The van der Waals surface area contributed by atoms with Crippen molar-refractivity contribution in [2.24, 2.45) is 0 Å². The van der Waals surface area contributed by atoms with Crippen LogP contribution in [-0.4, -0.2) is 11.7 Å². The van der Waals surface area contributed by atoms with Crippen molar-refractivity contribution in [2.45, 2.75) is 45.4 Å². The highest BCUT2D eigenvalue weighted by molar-refractivity contribution is 5.30. The Kier molecular flexibility index (Phi) is 4.48. The van der Waals surface area contributed by atoms with Gasteiger partial charge >= 0.3 is 0 Å². The molecule has 0 aliphatic heterocycles. The van der Waals surface area contributed by atoms with E-state index in [4.69, 9.17) is 5.11 Å². The molecule has 1 rings (SSSR count). The molecule has 0 saturated heterocycles. The summed E-state index contributed by atoms with van der Waals surface area (Å²) in [4.78, 5) is 0. The predicted molar refractivity (Wildman–Crippen MR) is 65.1 cm³/mol. The molecule has 0 aliphatic carbocycles. The number of aliphatic hydroxyl groups is 1. The fourth-order valence-electron chi connectivity index (χ4n) is 1.97. The first-order valence-electron chi connectivity index (χ1n) is 5.85. The average molecular weight is 224 g/mol. The Morgan fingerprint density at radius 3 is 2.56 bits per heavy atom. The fraction of sp³-hybridized carbons (Fsp3) is 0.571. The van der Waals surface area contributed by atoms with E-state index in [2.05, 4.69) is 13.8 Å². The van der Waals surface area contributed by atoms with Gasteiger partial charge in [0.05, 0.1) is 0 Å². The van der Waals surface area contributed by atoms with E-state index in [1.54, 1.807) is 12.1 Å². The molecule has 0 atom stereocenters. The summed E-state index contributed by atoms with van der Waals surface area (Å²) >= 11 is 0. The van der Waals surface area contributed by atoms with Crippen LogP contribution in [0.5, 0.6) is 0 Å². The molecule has 16 heavy (non-hydrogen) atoms. The van der Waals surface area contributed by atoms with Gasteiger partial charge in [-0.25, -0.2) is 4.39 Å². The van der Waals surface area contributed by atoms with E-state index in [9.17, 15) is 4.39 Å². The minimum absolute atomic E-state index is 0.125. The zero-order valence-corrected chi connectivity index (χ0v) is 10.4. The first-order valence-corrected chi connectivity index (χ1v) is 5.85. The summed E-state index contributed by atoms with van der Waals surface area (Å²) in [7, 11) is 0. The molecular weight excluding hydrogens is 203 g/mol. The van der Waals surface area contributed by atoms with Crippen molar-refractivity contribution in [1.82, 2.24) is 0 Å². The normalized spacial score (nSPS) is 11.8. The van der Waals surface area contributed by atoms with Gasteiger partial charge in [-0.3, -0.25) is 0 Å². The molecule has 1 N–H and O–H groups in total. The number of hydrogen-bond acceptors (Lipinski definition) is 1. The third-order valence-corrected chi connectivity index (χ3v) is 3.06. The summed E-state index contributed by atoms with van der Waals surface area (Å²) in [5.74, 6) is -0.125. The van der Waals surface area contributed by atoms with E-state index in [1.807, 2.05) is 13.0 Å². The van der Waals surface area contributed by atoms with Crippen molar-refractivity contribution in [3.05, 3.63) is 35.1 Å². The van der Waals surface area contributed by atoms with Gasteiger partial charge in [0.1, 0.15) is 5.82 Å². The second-order valence-corrected chi connectivity index (χ2v) is 5.05. The van der Waals surface area contributed by atoms with Crippen LogP contribution in [0, 0.1) is 12.7 Å². The van der Waals surface area contributed by atoms with Gasteiger partial charge < -0.3 is 5.11 Å². The van der Waals surface area contributed by atoms with Crippen LogP contribution in [0.25, 0.3) is 0 Å². The van der Waals surface area contributed by atoms with E-state index >= 15 is 0 Å². The van der Waals surface area contributed by atoms with E-state index in [0.717, 1.165) is 30.4 Å². The molecule has 0 spiro atoms. The number of aryl methyl sites for hydroxylation is 1. The number of benzene rings is 1. The number of unbranched alkanes of at least 4 members (excludes halogenated alkanes) is 1. The van der Waals surface area contributed by atoms with Gasteiger partial charge in [0.15, 0.2) is 0 Å². The first-order chi connectivity index (χ1) is 7.47. The first kappa shape index (κ1) is 13.2. The fourth-order valence-corrected chi connectivity index (χ4v) is 1.97. The van der Waals surface area contributed by atoms with E-state index < -0.39 is 0 Å². The lowest BCUT2D eigenvalue weighted by molar-refractivity contribution is 0.276. The summed E-state index contributed by atoms with van der Waals surface area (Å²) in [6.07, 6.45) is 2.61. The number of hydrogen-bond donors (Lipinski definition) is 1. The van der Waals surface area contributed by atoms with Gasteiger partial charge in [0.25, 0.3) is 0 Å². The van der Waals surface area contributed by atoms with E-state index in [1.165, 1.54) is 0 Å². The predicted octanol–water partition coefficient (Wildman–Crippen LogP) is 3.57. The smallest absolute Gasteiger partial charge is 0.126 e. The minimum atomic E-state index is -0.161. The van der Waals surface area contributed by atoms with Crippen LogP contribution >= 0.6 is 0 Å². The third kappa shape index (κ3) is 3.31. The molecule has 0 fully saturated rings. The maximum absolute atomic E-state index is 13.7. The summed E-state index contributed by atoms with van der Waals surface area (Å²) in [5, 5.41) is 8.76. The van der Waals surface area contributed by atoms with Gasteiger partial charge in [-0.1, -0.05) is 38.0 Å². The number of halogens is 1. The van der Waals surface area contributed by atoms with Crippen LogP contribution in [0.4, 0.5) is 4.39 Å². The van der Waals surface area contributed by atoms with Crippen molar-refractivity contribution in [3.8, 4) is 0 Å². The maximum Gasteiger partial charge on any atom is 0.126 e. The SMILES string of the molecule is Cc1ccc(F)c(C(C)(C)CCCCO)c1. The molecule has 1 aromatic rings. The molecular formula is C14H21FO. The Balaban J connectivity index is 2.83. The Morgan fingerprint density at radius 1 is 1.25 bits per heavy atom. The number of rotatable bonds is 5. The van der Waals surface area contributed by atoms with Crippen molar-refractivity contribution in [1.29, 1.82) is 0 Å². The molecule has 0 radical (unpaired) electrons. The average Bonchev–Trinajstić information content (AvgIpc) is 2.22. The van der Waals surface area contributed by atoms with Crippen LogP contribution in [0.3, 0.4) is 0 Å². The summed E-state index contributed by atoms with van der Waals surface area (Å²) in [5.41, 5.74) is 1.71. The van der Waals surface area contributed by atoms with Gasteiger partial charge in [-0.15, -0.1) is 0 Å². The quantitative estimate of drug-likeness (QED) is 0.758. The van der Waals surface area contributed by atoms with Crippen molar-refractivity contribution in [3.63, 3.8) is 0 Å². The molecule has 90 valence electrons. The van der Waals surface area contributed by atoms with E-state index in [-0.39, 0.29) is 17.8 Å². The third-order valence-electron chi connectivity index (χ3n) is 3.06. The molecule has 0 amide bonds. The minimum Gasteiger partial charge on any atom is -0.396 e. The van der Waals surface area contributed by atoms with E-state index in [0.29, 0.717) is 0 Å². The lowest BCUT2D eigenvalue weighted by Gasteiger charge is -2.26. The number of aliphatic hydroxyl groups excluding tert-OH is 1. The highest BCUT2D eigenvalue weighted by Crippen LogP contribution is 2.31. The Hall–Kier alpha value is -0.890. The van der Waals surface area contributed by atoms with Gasteiger partial charge in [-0.05, 0) is 36.8 Å². The largest absolute Gasteiger partial charge is 0.396 e. The summed E-state index contributed by atoms with van der Waals surface area (Å²) in [6, 6.07) is 5.26. The van der Waals surface area contributed by atoms with Crippen molar-refractivity contribution in [2.75, 3.05) is 6.61 Å². The zero-order valence-electron chi connectivity index (χ0n) is 10.4. The zero-order chi connectivity index (χ0) is 12.2. The highest BCUT2D eigenvalue weighted by Gasteiger charge is 2.23. The molecule has 1 nitrogen and oxygen atoms in total. The van der Waals surface area contributed by atoms with Crippen LogP contribution in [0.1, 0.15) is 44.2 Å². The Morgan fingerprint density at radius 2 is 1.94 bits per heavy atom. The lowest BCUT2D eigenvalue weighted by Crippen LogP contribution is -2.19. The van der Waals surface area contributed by atoms with Gasteiger partial charge in [-0.2, -0.15) is 0 Å². The van der Waals surface area contributed by atoms with Crippen LogP contribution in [-0.2, 0) is 5.41 Å². The monoisotopic (exact) mass is 224 g/mol. The lowest BCUT2D eigenvalue weighted by atomic mass is 9.79. The van der Waals surface area contributed by atoms with Gasteiger partial charge in [0.2, 0.25) is 0 Å². The van der Waals surface area contributed by atoms with Crippen molar-refractivity contribution >= 4 is 0 Å². The molecule has 0 heterocycles. The van der Waals surface area contributed by atoms with Crippen LogP contribution in [0.2, 0.25) is 0 Å². The topological polar surface area (TPSA) is 20.2 Å². The van der Waals surface area contributed by atoms with Crippen LogP contribution in [0.15, 0.2) is 18.2 Å². The molecule has 1 aromatic carbocycles. The molecule has 0 saturated carbocycles. The molecule has 0 aromatic heterocycles. The summed E-state index contributed by atoms with van der Waals surface area (Å²) < 4.78 is 13.7. The standard InChI is InChI=1S/C14H21FO/c1-11-6-7-13(15)12(10-11)14(2,3)8-4-5-9-16/h6-7,10,16H,4-5,8-9H2,1-3H3.